The van der Waals surface area contributed by atoms with E-state index in [1.165, 1.54) is 28.6 Å². The third-order valence-corrected chi connectivity index (χ3v) is 6.04. The van der Waals surface area contributed by atoms with Crippen molar-refractivity contribution in [3.8, 4) is 0 Å². The minimum absolute atomic E-state index is 0.140. The normalized spacial score (nSPS) is 21.2. The van der Waals surface area contributed by atoms with Crippen molar-refractivity contribution in [1.82, 2.24) is 4.31 Å². The number of ether oxygens (including phenoxy) is 2. The number of esters is 2. The Bertz CT molecular complexity index is 733. The molecule has 8 heteroatoms. The molecule has 2 atom stereocenters. The lowest BCUT2D eigenvalue weighted by Gasteiger charge is -2.34. The number of carbonyl (C=O) groups is 2. The fourth-order valence-corrected chi connectivity index (χ4v) is 4.80. The van der Waals surface area contributed by atoms with Crippen LogP contribution in [0.3, 0.4) is 0 Å². The first-order chi connectivity index (χ1) is 12.2. The smallest absolute Gasteiger partial charge is 0.344 e. The summed E-state index contributed by atoms with van der Waals surface area (Å²) in [6.07, 6.45) is 1.01. The molecule has 1 aromatic carbocycles. The highest BCUT2D eigenvalue weighted by Crippen LogP contribution is 2.26. The maximum absolute atomic E-state index is 12.8. The second kappa shape index (κ2) is 8.64. The summed E-state index contributed by atoms with van der Waals surface area (Å²) in [7, 11) is -3.60. The van der Waals surface area contributed by atoms with Gasteiger partial charge in [0.2, 0.25) is 10.0 Å². The van der Waals surface area contributed by atoms with E-state index < -0.39 is 28.6 Å². The number of hydrogen-bond acceptors (Lipinski definition) is 6. The fraction of sp³-hybridized carbons (Fsp3) is 0.556. The molecule has 0 amide bonds. The van der Waals surface area contributed by atoms with E-state index in [9.17, 15) is 18.0 Å². The van der Waals surface area contributed by atoms with Gasteiger partial charge in [0, 0.05) is 13.1 Å². The molecule has 0 saturated carbocycles. The van der Waals surface area contributed by atoms with Gasteiger partial charge >= 0.3 is 11.9 Å². The largest absolute Gasteiger partial charge is 0.463 e. The lowest BCUT2D eigenvalue weighted by atomic mass is 9.94. The summed E-state index contributed by atoms with van der Waals surface area (Å²) < 4.78 is 36.6. The quantitative estimate of drug-likeness (QED) is 0.699. The Kier molecular flexibility index (Phi) is 6.77. The van der Waals surface area contributed by atoms with Crippen molar-refractivity contribution in [2.24, 2.45) is 11.8 Å². The molecule has 1 fully saturated rings. The zero-order valence-electron chi connectivity index (χ0n) is 15.3. The van der Waals surface area contributed by atoms with Crippen molar-refractivity contribution in [1.29, 1.82) is 0 Å². The molecule has 0 bridgehead atoms. The van der Waals surface area contributed by atoms with E-state index in [1.807, 2.05) is 13.8 Å². The van der Waals surface area contributed by atoms with Crippen molar-refractivity contribution < 1.29 is 27.5 Å². The average Bonchev–Trinajstić information content (AvgIpc) is 2.59. The van der Waals surface area contributed by atoms with Crippen LogP contribution in [0.4, 0.5) is 0 Å². The van der Waals surface area contributed by atoms with Crippen molar-refractivity contribution >= 4 is 22.0 Å². The molecule has 144 valence electrons. The Morgan fingerprint density at radius 3 is 2.19 bits per heavy atom. The summed E-state index contributed by atoms with van der Waals surface area (Å²) in [6, 6.07) is 5.55. The SMILES string of the molecule is CCOC(=O)COC(=O)c1ccc(S(=O)(=O)N2C[C@H](C)C[C@@H](C)C2)cc1. The number of carbonyl (C=O) groups excluding carboxylic acids is 2. The zero-order valence-corrected chi connectivity index (χ0v) is 16.1. The van der Waals surface area contributed by atoms with Crippen LogP contribution >= 0.6 is 0 Å². The van der Waals surface area contributed by atoms with Gasteiger partial charge in [0.25, 0.3) is 0 Å². The van der Waals surface area contributed by atoms with Crippen LogP contribution in [0, 0.1) is 11.8 Å². The Morgan fingerprint density at radius 2 is 1.65 bits per heavy atom. The van der Waals surface area contributed by atoms with E-state index in [4.69, 9.17) is 4.74 Å². The minimum atomic E-state index is -3.60. The molecule has 0 radical (unpaired) electrons. The molecule has 1 aromatic rings. The summed E-state index contributed by atoms with van der Waals surface area (Å²) in [5.74, 6) is -0.716. The lowest BCUT2D eigenvalue weighted by molar-refractivity contribution is -0.146. The number of rotatable bonds is 6. The fourth-order valence-electron chi connectivity index (χ4n) is 3.12. The van der Waals surface area contributed by atoms with Crippen LogP contribution in [0.15, 0.2) is 29.2 Å². The second-order valence-electron chi connectivity index (χ2n) is 6.67. The van der Waals surface area contributed by atoms with Crippen LogP contribution in [0.2, 0.25) is 0 Å². The molecule has 26 heavy (non-hydrogen) atoms. The van der Waals surface area contributed by atoms with Crippen LogP contribution in [0.1, 0.15) is 37.6 Å². The summed E-state index contributed by atoms with van der Waals surface area (Å²) >= 11 is 0. The number of sulfonamides is 1. The monoisotopic (exact) mass is 383 g/mol. The van der Waals surface area contributed by atoms with Crippen molar-refractivity contribution in [2.75, 3.05) is 26.3 Å². The summed E-state index contributed by atoms with van der Waals surface area (Å²) in [6.45, 7) is 6.46. The Labute approximate surface area is 154 Å². The molecule has 0 unspecified atom stereocenters. The molecule has 1 aliphatic rings. The van der Waals surface area contributed by atoms with Gasteiger partial charge in [-0.3, -0.25) is 0 Å². The predicted molar refractivity (Wildman–Crippen MR) is 95.1 cm³/mol. The van der Waals surface area contributed by atoms with E-state index >= 15 is 0 Å². The maximum Gasteiger partial charge on any atom is 0.344 e. The first-order valence-corrected chi connectivity index (χ1v) is 10.1. The van der Waals surface area contributed by atoms with Gasteiger partial charge in [0.15, 0.2) is 6.61 Å². The number of nitrogens with zero attached hydrogens (tertiary/aromatic N) is 1. The minimum Gasteiger partial charge on any atom is -0.463 e. The highest BCUT2D eigenvalue weighted by Gasteiger charge is 2.31. The molecular weight excluding hydrogens is 358 g/mol. The van der Waals surface area contributed by atoms with Gasteiger partial charge in [0.05, 0.1) is 17.1 Å². The lowest BCUT2D eigenvalue weighted by Crippen LogP contribution is -2.42. The van der Waals surface area contributed by atoms with Crippen LogP contribution in [0.5, 0.6) is 0 Å². The zero-order chi connectivity index (χ0) is 19.3. The first kappa shape index (κ1) is 20.4. The number of piperidine rings is 1. The standard InChI is InChI=1S/C18H25NO6S/c1-4-24-17(20)12-25-18(21)15-5-7-16(8-6-15)26(22,23)19-10-13(2)9-14(3)11-19/h5-8,13-14H,4,9-12H2,1-3H3/t13-,14-/m1/s1. The average molecular weight is 383 g/mol. The Hall–Kier alpha value is -1.93. The molecule has 0 aliphatic carbocycles. The van der Waals surface area contributed by atoms with E-state index in [0.717, 1.165) is 6.42 Å². The molecule has 2 rings (SSSR count). The van der Waals surface area contributed by atoms with Crippen LogP contribution in [0.25, 0.3) is 0 Å². The van der Waals surface area contributed by atoms with Gasteiger partial charge in [-0.1, -0.05) is 13.8 Å². The van der Waals surface area contributed by atoms with Crippen molar-refractivity contribution in [3.05, 3.63) is 29.8 Å². The molecule has 1 heterocycles. The molecule has 0 N–H and O–H groups in total. The topological polar surface area (TPSA) is 90.0 Å². The van der Waals surface area contributed by atoms with Gasteiger partial charge < -0.3 is 9.47 Å². The van der Waals surface area contributed by atoms with E-state index in [0.29, 0.717) is 24.9 Å². The highest BCUT2D eigenvalue weighted by atomic mass is 32.2. The molecule has 0 spiro atoms. The molecule has 1 aliphatic heterocycles. The first-order valence-electron chi connectivity index (χ1n) is 8.67. The maximum atomic E-state index is 12.8. The number of hydrogen-bond donors (Lipinski definition) is 0. The van der Waals surface area contributed by atoms with E-state index in [2.05, 4.69) is 4.74 Å². The van der Waals surface area contributed by atoms with E-state index in [1.54, 1.807) is 6.92 Å². The Balaban J connectivity index is 2.06. The van der Waals surface area contributed by atoms with Gasteiger partial charge in [-0.25, -0.2) is 18.0 Å². The molecule has 7 nitrogen and oxygen atoms in total. The third kappa shape index (κ3) is 5.04. The van der Waals surface area contributed by atoms with Gasteiger partial charge in [-0.2, -0.15) is 4.31 Å². The third-order valence-electron chi connectivity index (χ3n) is 4.19. The Morgan fingerprint density at radius 1 is 1.08 bits per heavy atom. The van der Waals surface area contributed by atoms with Gasteiger partial charge in [-0.15, -0.1) is 0 Å². The van der Waals surface area contributed by atoms with Gasteiger partial charge in [0.1, 0.15) is 0 Å². The van der Waals surface area contributed by atoms with E-state index in [-0.39, 0.29) is 17.1 Å². The van der Waals surface area contributed by atoms with Crippen LogP contribution in [-0.4, -0.2) is 51.0 Å². The van der Waals surface area contributed by atoms with Gasteiger partial charge in [-0.05, 0) is 49.4 Å². The summed E-state index contributed by atoms with van der Waals surface area (Å²) in [5, 5.41) is 0. The van der Waals surface area contributed by atoms with Crippen LogP contribution < -0.4 is 0 Å². The number of benzene rings is 1. The molecular formula is C18H25NO6S. The van der Waals surface area contributed by atoms with Crippen molar-refractivity contribution in [3.63, 3.8) is 0 Å². The predicted octanol–water partition coefficient (Wildman–Crippen LogP) is 2.07. The van der Waals surface area contributed by atoms with Crippen molar-refractivity contribution in [2.45, 2.75) is 32.1 Å². The highest BCUT2D eigenvalue weighted by molar-refractivity contribution is 7.89. The second-order valence-corrected chi connectivity index (χ2v) is 8.61. The molecule has 1 saturated heterocycles. The van der Waals surface area contributed by atoms with Crippen LogP contribution in [-0.2, 0) is 24.3 Å². The summed E-state index contributed by atoms with van der Waals surface area (Å²) in [4.78, 5) is 23.3. The summed E-state index contributed by atoms with van der Waals surface area (Å²) in [5.41, 5.74) is 0.175. The molecule has 0 aromatic heterocycles.